The average Bonchev–Trinajstić information content (AvgIpc) is 2.58. The summed E-state index contributed by atoms with van der Waals surface area (Å²) in [5, 5.41) is 2.78. The Kier molecular flexibility index (Phi) is 5.52. The van der Waals surface area contributed by atoms with Gasteiger partial charge in [0.1, 0.15) is 0 Å². The van der Waals surface area contributed by atoms with Crippen LogP contribution in [0.4, 0.5) is 0 Å². The van der Waals surface area contributed by atoms with Crippen LogP contribution in [-0.4, -0.2) is 0 Å². The van der Waals surface area contributed by atoms with Gasteiger partial charge in [0.05, 0.1) is 0 Å². The van der Waals surface area contributed by atoms with Gasteiger partial charge in [0.15, 0.2) is 0 Å². The normalized spacial score (nSPS) is 21.9. The van der Waals surface area contributed by atoms with Gasteiger partial charge in [-0.2, -0.15) is 0 Å². The molecular weight excluding hydrogens is 312 g/mol. The minimum Gasteiger partial charge on any atom is -0.0599 e. The minimum atomic E-state index is 0.221. The van der Waals surface area contributed by atoms with E-state index < -0.39 is 0 Å². The zero-order chi connectivity index (χ0) is 18.9. The summed E-state index contributed by atoms with van der Waals surface area (Å²) < 4.78 is 0. The molecule has 0 aromatic heterocycles. The van der Waals surface area contributed by atoms with E-state index in [2.05, 4.69) is 77.9 Å². The lowest BCUT2D eigenvalue weighted by Crippen LogP contribution is -2.26. The fourth-order valence-electron chi connectivity index (χ4n) is 4.61. The molecule has 0 heteroatoms. The Bertz CT molecular complexity index is 731. The van der Waals surface area contributed by atoms with E-state index in [1.807, 2.05) is 0 Å². The fourth-order valence-corrected chi connectivity index (χ4v) is 4.61. The Morgan fingerprint density at radius 1 is 0.769 bits per heavy atom. The fraction of sp³-hybridized carbons (Fsp3) is 0.615. The van der Waals surface area contributed by atoms with E-state index >= 15 is 0 Å². The van der Waals surface area contributed by atoms with Gasteiger partial charge < -0.3 is 0 Å². The maximum Gasteiger partial charge on any atom is -0.0132 e. The Morgan fingerprint density at radius 2 is 1.38 bits per heavy atom. The van der Waals surface area contributed by atoms with Gasteiger partial charge in [0, 0.05) is 0 Å². The summed E-state index contributed by atoms with van der Waals surface area (Å²) in [4.78, 5) is 0. The highest BCUT2D eigenvalue weighted by Gasteiger charge is 2.29. The molecule has 0 amide bonds. The molecule has 0 heterocycles. The highest BCUT2D eigenvalue weighted by molar-refractivity contribution is 5.84. The molecule has 0 N–H and O–H groups in total. The second-order valence-electron chi connectivity index (χ2n) is 10.8. The Hall–Kier alpha value is -1.30. The molecule has 0 saturated heterocycles. The van der Waals surface area contributed by atoms with E-state index in [1.165, 1.54) is 60.4 Å². The second kappa shape index (κ2) is 7.37. The lowest BCUT2D eigenvalue weighted by atomic mass is 9.69. The Labute approximate surface area is 161 Å². The van der Waals surface area contributed by atoms with Crippen LogP contribution >= 0.6 is 0 Å². The van der Waals surface area contributed by atoms with Crippen molar-refractivity contribution in [1.82, 2.24) is 0 Å². The molecule has 0 atom stereocenters. The quantitative estimate of drug-likeness (QED) is 0.527. The smallest absolute Gasteiger partial charge is 0.0132 e. The average molecular weight is 351 g/mol. The highest BCUT2D eigenvalue weighted by atomic mass is 14.3. The zero-order valence-electron chi connectivity index (χ0n) is 17.9. The summed E-state index contributed by atoms with van der Waals surface area (Å²) in [6.07, 6.45) is 8.34. The van der Waals surface area contributed by atoms with Crippen molar-refractivity contribution in [2.75, 3.05) is 0 Å². The van der Waals surface area contributed by atoms with Crippen LogP contribution in [0.1, 0.15) is 84.8 Å². The van der Waals surface area contributed by atoms with Gasteiger partial charge in [0.2, 0.25) is 0 Å². The van der Waals surface area contributed by atoms with Crippen LogP contribution in [-0.2, 0) is 11.8 Å². The third kappa shape index (κ3) is 4.70. The summed E-state index contributed by atoms with van der Waals surface area (Å²) >= 11 is 0. The van der Waals surface area contributed by atoms with Gasteiger partial charge in [-0.25, -0.2) is 0 Å². The maximum absolute atomic E-state index is 2.42. The van der Waals surface area contributed by atoms with E-state index in [1.54, 1.807) is 0 Å². The van der Waals surface area contributed by atoms with Crippen LogP contribution in [0, 0.1) is 17.3 Å². The molecule has 0 bridgehead atoms. The predicted molar refractivity (Wildman–Crippen MR) is 116 cm³/mol. The van der Waals surface area contributed by atoms with Crippen molar-refractivity contribution >= 4 is 10.8 Å². The monoisotopic (exact) mass is 350 g/mol. The van der Waals surface area contributed by atoms with Gasteiger partial charge >= 0.3 is 0 Å². The van der Waals surface area contributed by atoms with E-state index in [0.29, 0.717) is 5.41 Å². The molecule has 1 aliphatic rings. The summed E-state index contributed by atoms with van der Waals surface area (Å²) in [7, 11) is 0. The molecule has 3 rings (SSSR count). The van der Waals surface area contributed by atoms with Gasteiger partial charge in [-0.3, -0.25) is 0 Å². The first-order valence-corrected chi connectivity index (χ1v) is 10.7. The van der Waals surface area contributed by atoms with Gasteiger partial charge in [-0.1, -0.05) is 90.8 Å². The largest absolute Gasteiger partial charge is 0.0599 e. The molecule has 0 nitrogen and oxygen atoms in total. The van der Waals surface area contributed by atoms with Crippen molar-refractivity contribution in [1.29, 1.82) is 0 Å². The van der Waals surface area contributed by atoms with E-state index in [-0.39, 0.29) is 5.41 Å². The maximum atomic E-state index is 2.42. The Morgan fingerprint density at radius 3 is 2.00 bits per heavy atom. The first kappa shape index (κ1) is 19.5. The number of benzene rings is 2. The number of hydrogen-bond donors (Lipinski definition) is 0. The summed E-state index contributed by atoms with van der Waals surface area (Å²) in [5.41, 5.74) is 3.65. The van der Waals surface area contributed by atoms with Gasteiger partial charge in [-0.05, 0) is 70.2 Å². The molecule has 142 valence electrons. The number of aryl methyl sites for hydroxylation is 1. The molecule has 0 aliphatic heterocycles. The summed E-state index contributed by atoms with van der Waals surface area (Å²) in [5.74, 6) is 1.86. The van der Waals surface area contributed by atoms with Crippen LogP contribution in [0.5, 0.6) is 0 Å². The van der Waals surface area contributed by atoms with Crippen LogP contribution < -0.4 is 0 Å². The van der Waals surface area contributed by atoms with Gasteiger partial charge in [-0.15, -0.1) is 0 Å². The number of fused-ring (bicyclic) bond motifs is 1. The molecule has 1 fully saturated rings. The molecule has 1 saturated carbocycles. The third-order valence-corrected chi connectivity index (χ3v) is 6.68. The molecule has 0 unspecified atom stereocenters. The molecule has 26 heavy (non-hydrogen) atoms. The topological polar surface area (TPSA) is 0 Å². The minimum absolute atomic E-state index is 0.221. The van der Waals surface area contributed by atoms with Crippen LogP contribution in [0.15, 0.2) is 36.4 Å². The van der Waals surface area contributed by atoms with Crippen molar-refractivity contribution < 1.29 is 0 Å². The lowest BCUT2D eigenvalue weighted by molar-refractivity contribution is 0.147. The molecule has 0 spiro atoms. The van der Waals surface area contributed by atoms with Gasteiger partial charge in [0.25, 0.3) is 0 Å². The van der Waals surface area contributed by atoms with Crippen molar-refractivity contribution in [3.8, 4) is 0 Å². The van der Waals surface area contributed by atoms with Crippen LogP contribution in [0.3, 0.4) is 0 Å². The zero-order valence-corrected chi connectivity index (χ0v) is 17.9. The standard InChI is InChI=1S/C26H38/c1-25(2,3)23-14-10-19(11-15-23)7-8-20-9-12-22-18-24(26(4,5)6)16-13-21(22)17-20/h9,12-13,16-19,23H,7-8,10-11,14-15H2,1-6H3. The van der Waals surface area contributed by atoms with Crippen molar-refractivity contribution in [3.05, 3.63) is 47.5 Å². The lowest BCUT2D eigenvalue weighted by Gasteiger charge is -2.37. The molecule has 2 aromatic carbocycles. The SMILES string of the molecule is CC(C)(C)c1ccc2cc(CCC3CCC(C(C)(C)C)CC3)ccc2c1. The predicted octanol–water partition coefficient (Wildman–Crippen LogP) is 7.92. The van der Waals surface area contributed by atoms with Crippen LogP contribution in [0.25, 0.3) is 10.8 Å². The number of hydrogen-bond acceptors (Lipinski definition) is 0. The van der Waals surface area contributed by atoms with Crippen molar-refractivity contribution in [2.45, 2.75) is 85.5 Å². The molecular formula is C26H38. The highest BCUT2D eigenvalue weighted by Crippen LogP contribution is 2.41. The molecule has 0 radical (unpaired) electrons. The summed E-state index contributed by atoms with van der Waals surface area (Å²) in [6.45, 7) is 14.1. The molecule has 1 aliphatic carbocycles. The molecule has 2 aromatic rings. The van der Waals surface area contributed by atoms with E-state index in [9.17, 15) is 0 Å². The van der Waals surface area contributed by atoms with Crippen molar-refractivity contribution in [3.63, 3.8) is 0 Å². The number of rotatable bonds is 3. The van der Waals surface area contributed by atoms with E-state index in [0.717, 1.165) is 11.8 Å². The first-order chi connectivity index (χ1) is 12.1. The van der Waals surface area contributed by atoms with Crippen LogP contribution in [0.2, 0.25) is 0 Å². The Balaban J connectivity index is 1.60. The second-order valence-corrected chi connectivity index (χ2v) is 10.8. The van der Waals surface area contributed by atoms with E-state index in [4.69, 9.17) is 0 Å². The first-order valence-electron chi connectivity index (χ1n) is 10.7. The summed E-state index contributed by atoms with van der Waals surface area (Å²) in [6, 6.07) is 14.1. The van der Waals surface area contributed by atoms with Crippen molar-refractivity contribution in [2.24, 2.45) is 17.3 Å². The third-order valence-electron chi connectivity index (χ3n) is 6.68.